The van der Waals surface area contributed by atoms with Crippen molar-refractivity contribution in [2.45, 2.75) is 33.0 Å². The highest BCUT2D eigenvalue weighted by Gasteiger charge is 2.10. The van der Waals surface area contributed by atoms with E-state index in [0.29, 0.717) is 12.2 Å². The fraction of sp³-hybridized carbons (Fsp3) is 0.500. The minimum Gasteiger partial charge on any atom is -0.378 e. The molecule has 2 rings (SSSR count). The largest absolute Gasteiger partial charge is 0.378 e. The Bertz CT molecular complexity index is 549. The van der Waals surface area contributed by atoms with E-state index in [4.69, 9.17) is 0 Å². The van der Waals surface area contributed by atoms with Crippen LogP contribution in [0.15, 0.2) is 18.6 Å². The van der Waals surface area contributed by atoms with Crippen LogP contribution in [0.25, 0.3) is 0 Å². The lowest BCUT2D eigenvalue weighted by atomic mass is 10.2. The van der Waals surface area contributed by atoms with Gasteiger partial charge in [-0.15, -0.1) is 0 Å². The molecular formula is C12H16F3N5. The second-order valence-corrected chi connectivity index (χ2v) is 4.36. The third-order valence-corrected chi connectivity index (χ3v) is 2.95. The van der Waals surface area contributed by atoms with Crippen molar-refractivity contribution < 1.29 is 13.2 Å². The molecule has 0 saturated carbocycles. The molecule has 0 atom stereocenters. The van der Waals surface area contributed by atoms with Crippen molar-refractivity contribution >= 4 is 5.69 Å². The standard InChI is InChI=1S/C12H16F3N5/c1-9-10(5-18-20(9)8-12(14)15)4-16-11-6-17-19(7-11)3-2-13/h5-7,12,16H,2-4,8H2,1H3. The van der Waals surface area contributed by atoms with E-state index in [1.54, 1.807) is 25.5 Å². The van der Waals surface area contributed by atoms with E-state index in [9.17, 15) is 13.2 Å². The number of hydrogen-bond donors (Lipinski definition) is 1. The van der Waals surface area contributed by atoms with Gasteiger partial charge in [-0.25, -0.2) is 13.2 Å². The van der Waals surface area contributed by atoms with Gasteiger partial charge in [0.2, 0.25) is 0 Å². The van der Waals surface area contributed by atoms with Gasteiger partial charge in [-0.2, -0.15) is 10.2 Å². The van der Waals surface area contributed by atoms with Gasteiger partial charge < -0.3 is 5.32 Å². The first kappa shape index (κ1) is 14.4. The molecule has 2 aromatic rings. The van der Waals surface area contributed by atoms with Crippen molar-refractivity contribution in [3.05, 3.63) is 29.8 Å². The molecule has 0 aromatic carbocycles. The molecule has 5 nitrogen and oxygen atoms in total. The smallest absolute Gasteiger partial charge is 0.257 e. The van der Waals surface area contributed by atoms with Crippen LogP contribution in [-0.2, 0) is 19.6 Å². The highest BCUT2D eigenvalue weighted by Crippen LogP contribution is 2.12. The Morgan fingerprint density at radius 2 is 2.10 bits per heavy atom. The van der Waals surface area contributed by atoms with Crippen LogP contribution >= 0.6 is 0 Å². The zero-order chi connectivity index (χ0) is 14.5. The van der Waals surface area contributed by atoms with Crippen molar-refractivity contribution in [2.75, 3.05) is 12.0 Å². The molecule has 0 aliphatic heterocycles. The number of nitrogens with one attached hydrogen (secondary N) is 1. The molecule has 0 aliphatic carbocycles. The second kappa shape index (κ2) is 6.44. The van der Waals surface area contributed by atoms with Gasteiger partial charge in [-0.3, -0.25) is 9.36 Å². The van der Waals surface area contributed by atoms with Gasteiger partial charge in [0.15, 0.2) is 0 Å². The van der Waals surface area contributed by atoms with Gasteiger partial charge in [0.1, 0.15) is 13.2 Å². The van der Waals surface area contributed by atoms with E-state index in [-0.39, 0.29) is 6.54 Å². The van der Waals surface area contributed by atoms with Gasteiger partial charge in [0, 0.05) is 24.0 Å². The number of halogens is 3. The lowest BCUT2D eigenvalue weighted by Gasteiger charge is -2.05. The van der Waals surface area contributed by atoms with Crippen molar-refractivity contribution in [3.8, 4) is 0 Å². The third kappa shape index (κ3) is 3.52. The Labute approximate surface area is 114 Å². The molecule has 0 saturated heterocycles. The Morgan fingerprint density at radius 1 is 1.30 bits per heavy atom. The molecular weight excluding hydrogens is 271 g/mol. The number of aryl methyl sites for hydroxylation is 1. The number of anilines is 1. The molecule has 0 radical (unpaired) electrons. The Kier molecular flexibility index (Phi) is 4.65. The summed E-state index contributed by atoms with van der Waals surface area (Å²) in [5, 5.41) is 11.0. The quantitative estimate of drug-likeness (QED) is 0.849. The average molecular weight is 287 g/mol. The first-order chi connectivity index (χ1) is 9.60. The fourth-order valence-corrected chi connectivity index (χ4v) is 1.83. The van der Waals surface area contributed by atoms with Crippen molar-refractivity contribution in [1.29, 1.82) is 0 Å². The Morgan fingerprint density at radius 3 is 2.80 bits per heavy atom. The molecule has 0 amide bonds. The van der Waals surface area contributed by atoms with Gasteiger partial charge >= 0.3 is 0 Å². The summed E-state index contributed by atoms with van der Waals surface area (Å²) in [6.07, 6.45) is 2.43. The van der Waals surface area contributed by atoms with Crippen LogP contribution in [0.4, 0.5) is 18.9 Å². The van der Waals surface area contributed by atoms with Crippen molar-refractivity contribution in [3.63, 3.8) is 0 Å². The van der Waals surface area contributed by atoms with Crippen LogP contribution in [0.2, 0.25) is 0 Å². The number of hydrogen-bond acceptors (Lipinski definition) is 3. The molecule has 2 aromatic heterocycles. The number of nitrogens with zero attached hydrogens (tertiary/aromatic N) is 4. The zero-order valence-corrected chi connectivity index (χ0v) is 11.1. The summed E-state index contributed by atoms with van der Waals surface area (Å²) >= 11 is 0. The highest BCUT2D eigenvalue weighted by atomic mass is 19.3. The van der Waals surface area contributed by atoms with E-state index >= 15 is 0 Å². The summed E-state index contributed by atoms with van der Waals surface area (Å²) in [5.41, 5.74) is 2.29. The van der Waals surface area contributed by atoms with E-state index in [2.05, 4.69) is 15.5 Å². The van der Waals surface area contributed by atoms with Crippen LogP contribution in [-0.4, -0.2) is 32.7 Å². The van der Waals surface area contributed by atoms with Crippen molar-refractivity contribution in [1.82, 2.24) is 19.6 Å². The van der Waals surface area contributed by atoms with Crippen LogP contribution in [0.5, 0.6) is 0 Å². The number of alkyl halides is 3. The first-order valence-corrected chi connectivity index (χ1v) is 6.22. The highest BCUT2D eigenvalue weighted by molar-refractivity contribution is 5.39. The zero-order valence-electron chi connectivity index (χ0n) is 11.1. The van der Waals surface area contributed by atoms with Crippen LogP contribution in [0.3, 0.4) is 0 Å². The predicted molar refractivity (Wildman–Crippen MR) is 68.5 cm³/mol. The molecule has 1 N–H and O–H groups in total. The van der Waals surface area contributed by atoms with E-state index in [1.807, 2.05) is 0 Å². The minimum absolute atomic E-state index is 0.215. The van der Waals surface area contributed by atoms with E-state index in [1.165, 1.54) is 9.36 Å². The van der Waals surface area contributed by atoms with Gasteiger partial charge in [-0.1, -0.05) is 0 Å². The Hall–Kier alpha value is -1.99. The maximum atomic E-state index is 12.3. The summed E-state index contributed by atoms with van der Waals surface area (Å²) in [7, 11) is 0. The Balaban J connectivity index is 1.94. The predicted octanol–water partition coefficient (Wildman–Crippen LogP) is 2.23. The van der Waals surface area contributed by atoms with Gasteiger partial charge in [-0.05, 0) is 6.92 Å². The molecule has 0 unspecified atom stereocenters. The number of rotatable bonds is 7. The summed E-state index contributed by atoms with van der Waals surface area (Å²) in [6.45, 7) is 1.54. The fourth-order valence-electron chi connectivity index (χ4n) is 1.83. The third-order valence-electron chi connectivity index (χ3n) is 2.95. The topological polar surface area (TPSA) is 47.7 Å². The van der Waals surface area contributed by atoms with Crippen LogP contribution in [0.1, 0.15) is 11.3 Å². The first-order valence-electron chi connectivity index (χ1n) is 6.22. The van der Waals surface area contributed by atoms with Gasteiger partial charge in [0.25, 0.3) is 6.43 Å². The number of aromatic nitrogens is 4. The molecule has 0 spiro atoms. The molecule has 20 heavy (non-hydrogen) atoms. The van der Waals surface area contributed by atoms with Crippen LogP contribution in [0, 0.1) is 6.92 Å². The van der Waals surface area contributed by atoms with Crippen molar-refractivity contribution in [2.24, 2.45) is 0 Å². The summed E-state index contributed by atoms with van der Waals surface area (Å²) in [5.74, 6) is 0. The summed E-state index contributed by atoms with van der Waals surface area (Å²) in [4.78, 5) is 0. The normalized spacial score (nSPS) is 11.2. The minimum atomic E-state index is -2.42. The summed E-state index contributed by atoms with van der Waals surface area (Å²) < 4.78 is 39.6. The maximum absolute atomic E-state index is 12.3. The van der Waals surface area contributed by atoms with E-state index in [0.717, 1.165) is 11.3 Å². The second-order valence-electron chi connectivity index (χ2n) is 4.36. The maximum Gasteiger partial charge on any atom is 0.257 e. The molecule has 0 fully saturated rings. The SMILES string of the molecule is Cc1c(CNc2cnn(CCF)c2)cnn1CC(F)F. The molecule has 110 valence electrons. The van der Waals surface area contributed by atoms with Crippen LogP contribution < -0.4 is 5.32 Å². The molecule has 0 bridgehead atoms. The van der Waals surface area contributed by atoms with Gasteiger partial charge in [0.05, 0.1) is 24.6 Å². The summed E-state index contributed by atoms with van der Waals surface area (Å²) in [6, 6.07) is 0. The lowest BCUT2D eigenvalue weighted by Crippen LogP contribution is -2.10. The lowest BCUT2D eigenvalue weighted by molar-refractivity contribution is 0.121. The average Bonchev–Trinajstić information content (AvgIpc) is 2.96. The molecule has 2 heterocycles. The van der Waals surface area contributed by atoms with E-state index < -0.39 is 19.6 Å². The molecule has 0 aliphatic rings. The monoisotopic (exact) mass is 287 g/mol. The molecule has 8 heteroatoms.